The number of methoxy groups -OCH3 is 4. The van der Waals surface area contributed by atoms with E-state index in [1.54, 1.807) is 12.1 Å². The molecule has 1 aliphatic heterocycles. The zero-order valence-electron chi connectivity index (χ0n) is 19.2. The van der Waals surface area contributed by atoms with Gasteiger partial charge in [-0.1, -0.05) is 0 Å². The first-order valence-corrected chi connectivity index (χ1v) is 10.4. The number of aromatic hydroxyl groups is 1. The maximum Gasteiger partial charge on any atom is 0.306 e. The molecule has 2 aromatic rings. The molecule has 0 aliphatic carbocycles. The van der Waals surface area contributed by atoms with Crippen LogP contribution in [0.4, 0.5) is 0 Å². The molecule has 33 heavy (non-hydrogen) atoms. The van der Waals surface area contributed by atoms with Crippen molar-refractivity contribution in [2.24, 2.45) is 0 Å². The lowest BCUT2D eigenvalue weighted by Crippen LogP contribution is -2.35. The first-order valence-electron chi connectivity index (χ1n) is 10.4. The van der Waals surface area contributed by atoms with Gasteiger partial charge < -0.3 is 33.2 Å². The third kappa shape index (κ3) is 5.58. The number of hydrogen-bond donors (Lipinski definition) is 1. The van der Waals surface area contributed by atoms with Crippen LogP contribution in [0.15, 0.2) is 27.4 Å². The summed E-state index contributed by atoms with van der Waals surface area (Å²) in [6.45, 7) is 2.93. The lowest BCUT2D eigenvalue weighted by Gasteiger charge is -2.26. The number of rotatable bonds is 9. The lowest BCUT2D eigenvalue weighted by atomic mass is 9.91. The Morgan fingerprint density at radius 2 is 1.70 bits per heavy atom. The van der Waals surface area contributed by atoms with Crippen molar-refractivity contribution in [1.29, 1.82) is 0 Å². The van der Waals surface area contributed by atoms with Crippen LogP contribution in [0.5, 0.6) is 23.0 Å². The summed E-state index contributed by atoms with van der Waals surface area (Å²) in [5, 5.41) is 10.6. The van der Waals surface area contributed by atoms with Crippen LogP contribution in [0.25, 0.3) is 0 Å². The van der Waals surface area contributed by atoms with Gasteiger partial charge in [0.25, 0.3) is 0 Å². The van der Waals surface area contributed by atoms with Gasteiger partial charge in [-0.25, -0.2) is 0 Å². The van der Waals surface area contributed by atoms with Crippen molar-refractivity contribution in [2.45, 2.75) is 18.9 Å². The van der Waals surface area contributed by atoms with Crippen LogP contribution in [0.1, 0.15) is 29.4 Å². The first-order chi connectivity index (χ1) is 15.9. The second-order valence-electron chi connectivity index (χ2n) is 7.47. The molecule has 10 heteroatoms. The largest absolute Gasteiger partial charge is 0.502 e. The van der Waals surface area contributed by atoms with E-state index in [1.807, 2.05) is 0 Å². The molecule has 10 nitrogen and oxygen atoms in total. The number of ether oxygens (including phenoxy) is 5. The fourth-order valence-corrected chi connectivity index (χ4v) is 3.76. The first kappa shape index (κ1) is 24.4. The molecule has 1 atom stereocenters. The van der Waals surface area contributed by atoms with Gasteiger partial charge in [0.1, 0.15) is 5.76 Å². The standard InChI is InChI=1S/C23H29NO9/c1-28-18-9-14(10-19(29-2)23(18)31-4)16(12-20(26)30-3)22-21(27)17(25)11-15(33-22)13-24-5-7-32-8-6-24/h9-11,16,27H,5-8,12-13H2,1-4H3/t16-/m0/s1. The van der Waals surface area contributed by atoms with Crippen molar-refractivity contribution in [3.63, 3.8) is 0 Å². The molecule has 0 bridgehead atoms. The second-order valence-corrected chi connectivity index (χ2v) is 7.47. The predicted molar refractivity (Wildman–Crippen MR) is 117 cm³/mol. The number of hydrogen-bond acceptors (Lipinski definition) is 10. The molecule has 1 aromatic heterocycles. The number of morpholine rings is 1. The average molecular weight is 463 g/mol. The Morgan fingerprint density at radius 3 is 2.24 bits per heavy atom. The molecule has 1 aliphatic rings. The van der Waals surface area contributed by atoms with E-state index in [0.717, 1.165) is 0 Å². The van der Waals surface area contributed by atoms with Crippen molar-refractivity contribution in [3.05, 3.63) is 45.5 Å². The van der Waals surface area contributed by atoms with Crippen LogP contribution in [0, 0.1) is 0 Å². The van der Waals surface area contributed by atoms with Gasteiger partial charge in [0.2, 0.25) is 16.9 Å². The molecule has 3 rings (SSSR count). The van der Waals surface area contributed by atoms with Crippen LogP contribution in [0.2, 0.25) is 0 Å². The van der Waals surface area contributed by atoms with Crippen molar-refractivity contribution in [2.75, 3.05) is 54.7 Å². The average Bonchev–Trinajstić information content (AvgIpc) is 2.84. The molecular formula is C23H29NO9. The van der Waals surface area contributed by atoms with E-state index in [-0.39, 0.29) is 12.2 Å². The Labute approximate surface area is 191 Å². The molecule has 0 unspecified atom stereocenters. The summed E-state index contributed by atoms with van der Waals surface area (Å²) in [6, 6.07) is 4.55. The van der Waals surface area contributed by atoms with Crippen LogP contribution in [-0.4, -0.2) is 70.7 Å². The van der Waals surface area contributed by atoms with E-state index in [4.69, 9.17) is 28.1 Å². The smallest absolute Gasteiger partial charge is 0.306 e. The molecule has 2 heterocycles. The summed E-state index contributed by atoms with van der Waals surface area (Å²) in [5.74, 6) is -0.544. The van der Waals surface area contributed by atoms with Crippen LogP contribution >= 0.6 is 0 Å². The molecule has 180 valence electrons. The van der Waals surface area contributed by atoms with Gasteiger partial charge in [-0.15, -0.1) is 0 Å². The van der Waals surface area contributed by atoms with Gasteiger partial charge >= 0.3 is 5.97 Å². The number of esters is 1. The zero-order chi connectivity index (χ0) is 24.0. The molecule has 0 amide bonds. The van der Waals surface area contributed by atoms with Crippen molar-refractivity contribution < 1.29 is 38.0 Å². The third-order valence-corrected chi connectivity index (χ3v) is 5.49. The zero-order valence-corrected chi connectivity index (χ0v) is 19.2. The number of carbonyl (C=O) groups is 1. The second kappa shape index (κ2) is 11.1. The molecule has 1 saturated heterocycles. The fourth-order valence-electron chi connectivity index (χ4n) is 3.76. The highest BCUT2D eigenvalue weighted by Gasteiger charge is 2.29. The van der Waals surface area contributed by atoms with Gasteiger partial charge in [-0.2, -0.15) is 0 Å². The van der Waals surface area contributed by atoms with Crippen LogP contribution in [0.3, 0.4) is 0 Å². The van der Waals surface area contributed by atoms with Gasteiger partial charge in [-0.3, -0.25) is 14.5 Å². The molecule has 1 fully saturated rings. The highest BCUT2D eigenvalue weighted by Crippen LogP contribution is 2.43. The van der Waals surface area contributed by atoms with Gasteiger partial charge in [-0.05, 0) is 17.7 Å². The van der Waals surface area contributed by atoms with E-state index in [0.29, 0.717) is 61.4 Å². The van der Waals surface area contributed by atoms with Crippen molar-refractivity contribution >= 4 is 5.97 Å². The number of benzene rings is 1. The Kier molecular flexibility index (Phi) is 8.18. The molecular weight excluding hydrogens is 434 g/mol. The highest BCUT2D eigenvalue weighted by atomic mass is 16.5. The molecule has 0 saturated carbocycles. The van der Waals surface area contributed by atoms with Crippen LogP contribution < -0.4 is 19.6 Å². The maximum atomic E-state index is 12.6. The summed E-state index contributed by atoms with van der Waals surface area (Å²) in [5.41, 5.74) is -0.0845. The molecule has 0 spiro atoms. The van der Waals surface area contributed by atoms with Gasteiger partial charge in [0.05, 0.1) is 60.5 Å². The predicted octanol–water partition coefficient (Wildman–Crippen LogP) is 1.90. The monoisotopic (exact) mass is 463 g/mol. The number of carbonyl (C=O) groups excluding carboxylic acids is 1. The minimum absolute atomic E-state index is 0.0366. The topological polar surface area (TPSA) is 117 Å². The summed E-state index contributed by atoms with van der Waals surface area (Å²) in [6.07, 6.45) is -0.188. The van der Waals surface area contributed by atoms with E-state index in [1.165, 1.54) is 34.5 Å². The minimum atomic E-state index is -0.844. The SMILES string of the molecule is COC(=O)C[C@@H](c1cc(OC)c(OC)c(OC)c1)c1oc(CN2CCOCC2)cc(=O)c1O. The summed E-state index contributed by atoms with van der Waals surface area (Å²) in [7, 11) is 5.68. The summed E-state index contributed by atoms with van der Waals surface area (Å²) < 4.78 is 32.4. The van der Waals surface area contributed by atoms with Gasteiger partial charge in [0, 0.05) is 19.2 Å². The van der Waals surface area contributed by atoms with E-state index in [2.05, 4.69) is 4.90 Å². The minimum Gasteiger partial charge on any atom is -0.502 e. The van der Waals surface area contributed by atoms with Crippen LogP contribution in [-0.2, 0) is 20.8 Å². The Morgan fingerprint density at radius 1 is 1.06 bits per heavy atom. The Hall–Kier alpha value is -3.24. The Balaban J connectivity index is 2.11. The normalized spacial score (nSPS) is 15.0. The van der Waals surface area contributed by atoms with E-state index in [9.17, 15) is 14.7 Å². The van der Waals surface area contributed by atoms with Gasteiger partial charge in [0.15, 0.2) is 17.3 Å². The van der Waals surface area contributed by atoms with Crippen molar-refractivity contribution in [3.8, 4) is 23.0 Å². The van der Waals surface area contributed by atoms with E-state index < -0.39 is 23.1 Å². The van der Waals surface area contributed by atoms with Crippen molar-refractivity contribution in [1.82, 2.24) is 4.90 Å². The highest BCUT2D eigenvalue weighted by molar-refractivity contribution is 5.71. The third-order valence-electron chi connectivity index (χ3n) is 5.49. The maximum absolute atomic E-state index is 12.6. The lowest BCUT2D eigenvalue weighted by molar-refractivity contribution is -0.140. The molecule has 1 N–H and O–H groups in total. The summed E-state index contributed by atoms with van der Waals surface area (Å²) in [4.78, 5) is 26.9. The number of nitrogens with zero attached hydrogens (tertiary/aromatic N) is 1. The molecule has 0 radical (unpaired) electrons. The van der Waals surface area contributed by atoms with E-state index >= 15 is 0 Å². The summed E-state index contributed by atoms with van der Waals surface area (Å²) >= 11 is 0. The fraction of sp³-hybridized carbons (Fsp3) is 0.478. The molecule has 1 aromatic carbocycles. The Bertz CT molecular complexity index is 1000. The quantitative estimate of drug-likeness (QED) is 0.553.